The maximum Gasteiger partial charge on any atom is 0.157 e. The van der Waals surface area contributed by atoms with Crippen molar-refractivity contribution in [1.82, 2.24) is 0 Å². The number of phenolic OH excluding ortho intramolecular Hbond substituents is 2. The van der Waals surface area contributed by atoms with Gasteiger partial charge in [0.15, 0.2) is 11.5 Å². The Hall–Kier alpha value is -1.44. The highest BCUT2D eigenvalue weighted by molar-refractivity contribution is 5.41. The minimum absolute atomic E-state index is 0.0355. The Kier molecular flexibility index (Phi) is 12.0. The molecular weight excluding hydrogens is 344 g/mol. The molecule has 2 atom stereocenters. The van der Waals surface area contributed by atoms with Crippen LogP contribution in [0.5, 0.6) is 11.5 Å². The Morgan fingerprint density at radius 2 is 1.39 bits per heavy atom. The fourth-order valence-electron chi connectivity index (χ4n) is 3.80. The van der Waals surface area contributed by atoms with Crippen LogP contribution in [0.25, 0.3) is 0 Å². The van der Waals surface area contributed by atoms with Gasteiger partial charge in [0.25, 0.3) is 0 Å². The highest BCUT2D eigenvalue weighted by Gasteiger charge is 2.07. The molecule has 0 saturated carbocycles. The van der Waals surface area contributed by atoms with Crippen molar-refractivity contribution >= 4 is 0 Å². The average molecular weight is 389 g/mol. The third-order valence-electron chi connectivity index (χ3n) is 5.87. The maximum absolute atomic E-state index is 9.57. The van der Waals surface area contributed by atoms with Gasteiger partial charge in [-0.1, -0.05) is 90.4 Å². The maximum atomic E-state index is 9.57. The molecule has 0 saturated heterocycles. The smallest absolute Gasteiger partial charge is 0.157 e. The number of aromatic hydroxyl groups is 2. The van der Waals surface area contributed by atoms with Gasteiger partial charge in [-0.3, -0.25) is 0 Å². The molecule has 0 fully saturated rings. The Labute approximate surface area is 174 Å². The standard InChI is InChI=1S/C26H44O2/c1-20(2)9-6-10-21(3)11-7-12-22(4)13-8-14-23(5)15-16-24-17-18-25(27)26(28)19-24/h15,17-22,27-28H,6-14,16H2,1-5H3. The van der Waals surface area contributed by atoms with Gasteiger partial charge in [-0.2, -0.15) is 0 Å². The van der Waals surface area contributed by atoms with Crippen molar-refractivity contribution in [3.63, 3.8) is 0 Å². The van der Waals surface area contributed by atoms with Crippen molar-refractivity contribution < 1.29 is 10.2 Å². The van der Waals surface area contributed by atoms with Crippen molar-refractivity contribution in [3.05, 3.63) is 35.4 Å². The first kappa shape index (κ1) is 24.6. The molecule has 160 valence electrons. The summed E-state index contributed by atoms with van der Waals surface area (Å²) in [5.41, 5.74) is 2.45. The van der Waals surface area contributed by atoms with E-state index in [1.165, 1.54) is 56.9 Å². The molecule has 0 aliphatic heterocycles. The number of hydrogen-bond donors (Lipinski definition) is 2. The fourth-order valence-corrected chi connectivity index (χ4v) is 3.80. The van der Waals surface area contributed by atoms with Gasteiger partial charge in [-0.25, -0.2) is 0 Å². The average Bonchev–Trinajstić information content (AvgIpc) is 2.62. The number of rotatable bonds is 14. The van der Waals surface area contributed by atoms with E-state index < -0.39 is 0 Å². The van der Waals surface area contributed by atoms with Crippen LogP contribution < -0.4 is 0 Å². The second-order valence-corrected chi connectivity index (χ2v) is 9.44. The van der Waals surface area contributed by atoms with Gasteiger partial charge in [0.05, 0.1) is 0 Å². The van der Waals surface area contributed by atoms with Crippen molar-refractivity contribution in [3.8, 4) is 11.5 Å². The summed E-state index contributed by atoms with van der Waals surface area (Å²) in [5.74, 6) is 2.47. The summed E-state index contributed by atoms with van der Waals surface area (Å²) in [6.07, 6.45) is 15.1. The molecule has 2 unspecified atom stereocenters. The van der Waals surface area contributed by atoms with Crippen LogP contribution in [0.1, 0.15) is 98.0 Å². The van der Waals surface area contributed by atoms with Crippen LogP contribution in [-0.2, 0) is 6.42 Å². The highest BCUT2D eigenvalue weighted by Crippen LogP contribution is 2.26. The minimum atomic E-state index is -0.0524. The molecule has 0 heterocycles. The van der Waals surface area contributed by atoms with Gasteiger partial charge in [-0.05, 0) is 61.6 Å². The molecule has 0 spiro atoms. The summed E-state index contributed by atoms with van der Waals surface area (Å²) in [6, 6.07) is 5.07. The Morgan fingerprint density at radius 1 is 0.821 bits per heavy atom. The summed E-state index contributed by atoms with van der Waals surface area (Å²) in [4.78, 5) is 0. The molecule has 0 radical (unpaired) electrons. The first-order valence-corrected chi connectivity index (χ1v) is 11.4. The first-order valence-electron chi connectivity index (χ1n) is 11.4. The third kappa shape index (κ3) is 11.4. The van der Waals surface area contributed by atoms with Crippen LogP contribution in [0.2, 0.25) is 0 Å². The van der Waals surface area contributed by atoms with E-state index in [0.29, 0.717) is 0 Å². The van der Waals surface area contributed by atoms with Gasteiger partial charge in [-0.15, -0.1) is 0 Å². The molecule has 2 N–H and O–H groups in total. The van der Waals surface area contributed by atoms with Crippen LogP contribution in [0, 0.1) is 17.8 Å². The second kappa shape index (κ2) is 13.7. The van der Waals surface area contributed by atoms with Crippen LogP contribution in [0.15, 0.2) is 29.8 Å². The van der Waals surface area contributed by atoms with Crippen LogP contribution >= 0.6 is 0 Å². The minimum Gasteiger partial charge on any atom is -0.504 e. The number of benzene rings is 1. The van der Waals surface area contributed by atoms with E-state index in [0.717, 1.165) is 36.2 Å². The van der Waals surface area contributed by atoms with Crippen molar-refractivity contribution in [2.75, 3.05) is 0 Å². The predicted octanol–water partition coefficient (Wildman–Crippen LogP) is 8.03. The van der Waals surface area contributed by atoms with Crippen LogP contribution in [-0.4, -0.2) is 10.2 Å². The SMILES string of the molecule is CC(=CCc1ccc(O)c(O)c1)CCCC(C)CCCC(C)CCCC(C)C. The fraction of sp³-hybridized carbons (Fsp3) is 0.692. The van der Waals surface area contributed by atoms with Crippen LogP contribution in [0.3, 0.4) is 0 Å². The molecule has 0 aromatic heterocycles. The number of allylic oxidation sites excluding steroid dienone is 2. The summed E-state index contributed by atoms with van der Waals surface area (Å²) in [7, 11) is 0. The molecular formula is C26H44O2. The molecule has 0 bridgehead atoms. The molecule has 2 nitrogen and oxygen atoms in total. The van der Waals surface area contributed by atoms with Gasteiger partial charge in [0, 0.05) is 0 Å². The highest BCUT2D eigenvalue weighted by atomic mass is 16.3. The van der Waals surface area contributed by atoms with Gasteiger partial charge >= 0.3 is 0 Å². The molecule has 0 amide bonds. The Balaban J connectivity index is 2.14. The van der Waals surface area contributed by atoms with E-state index in [4.69, 9.17) is 0 Å². The van der Waals surface area contributed by atoms with Crippen molar-refractivity contribution in [1.29, 1.82) is 0 Å². The molecule has 1 aromatic carbocycles. The van der Waals surface area contributed by atoms with Gasteiger partial charge < -0.3 is 10.2 Å². The van der Waals surface area contributed by atoms with Crippen molar-refractivity contribution in [2.24, 2.45) is 17.8 Å². The molecule has 1 rings (SSSR count). The zero-order valence-electron chi connectivity index (χ0n) is 19.0. The van der Waals surface area contributed by atoms with Gasteiger partial charge in [0.1, 0.15) is 0 Å². The quantitative estimate of drug-likeness (QED) is 0.250. The summed E-state index contributed by atoms with van der Waals surface area (Å²) >= 11 is 0. The Morgan fingerprint density at radius 3 is 1.96 bits per heavy atom. The first-order chi connectivity index (χ1) is 13.3. The molecule has 0 aliphatic rings. The lowest BCUT2D eigenvalue weighted by atomic mass is 9.91. The van der Waals surface area contributed by atoms with E-state index in [1.54, 1.807) is 12.1 Å². The molecule has 28 heavy (non-hydrogen) atoms. The van der Waals surface area contributed by atoms with E-state index in [1.807, 2.05) is 6.07 Å². The third-order valence-corrected chi connectivity index (χ3v) is 5.87. The summed E-state index contributed by atoms with van der Waals surface area (Å²) in [6.45, 7) is 11.7. The molecule has 0 aliphatic carbocycles. The van der Waals surface area contributed by atoms with Gasteiger partial charge in [0.2, 0.25) is 0 Å². The summed E-state index contributed by atoms with van der Waals surface area (Å²) in [5, 5.41) is 18.9. The molecule has 2 heteroatoms. The number of hydrogen-bond acceptors (Lipinski definition) is 2. The largest absolute Gasteiger partial charge is 0.504 e. The predicted molar refractivity (Wildman–Crippen MR) is 122 cm³/mol. The topological polar surface area (TPSA) is 40.5 Å². The van der Waals surface area contributed by atoms with Crippen LogP contribution in [0.4, 0.5) is 0 Å². The lowest BCUT2D eigenvalue weighted by Gasteiger charge is -2.15. The van der Waals surface area contributed by atoms with E-state index in [9.17, 15) is 10.2 Å². The summed E-state index contributed by atoms with van der Waals surface area (Å²) < 4.78 is 0. The Bertz CT molecular complexity index is 574. The lowest BCUT2D eigenvalue weighted by Crippen LogP contribution is -2.00. The monoisotopic (exact) mass is 388 g/mol. The van der Waals surface area contributed by atoms with Crippen molar-refractivity contribution in [2.45, 2.75) is 98.8 Å². The second-order valence-electron chi connectivity index (χ2n) is 9.44. The number of phenols is 2. The van der Waals surface area contributed by atoms with E-state index >= 15 is 0 Å². The zero-order chi connectivity index (χ0) is 20.9. The van der Waals surface area contributed by atoms with E-state index in [-0.39, 0.29) is 11.5 Å². The van der Waals surface area contributed by atoms with E-state index in [2.05, 4.69) is 40.7 Å². The lowest BCUT2D eigenvalue weighted by molar-refractivity contribution is 0.389. The zero-order valence-corrected chi connectivity index (χ0v) is 19.0. The normalized spacial score (nSPS) is 14.4. The molecule has 1 aromatic rings.